The van der Waals surface area contributed by atoms with Gasteiger partial charge < -0.3 is 15.1 Å². The lowest BCUT2D eigenvalue weighted by atomic mass is 10.1. The summed E-state index contributed by atoms with van der Waals surface area (Å²) in [5, 5.41) is 2.86. The Morgan fingerprint density at radius 3 is 2.64 bits per heavy atom. The molecule has 0 spiro atoms. The standard InChI is InChI=1S/C21H31FN4O2/c1-24(10-4-13-25-11-2-3-12-25)20(27)15-19-21(28)23-9-14-26(19)16-17-5-7-18(22)8-6-17/h5-8,19H,2-4,9-16H2,1H3,(H,23,28). The van der Waals surface area contributed by atoms with Crippen LogP contribution in [0.4, 0.5) is 4.39 Å². The number of halogens is 1. The van der Waals surface area contributed by atoms with E-state index in [1.54, 1.807) is 17.0 Å². The smallest absolute Gasteiger partial charge is 0.237 e. The molecule has 6 nitrogen and oxygen atoms in total. The maximum absolute atomic E-state index is 13.1. The maximum atomic E-state index is 13.1. The molecule has 1 aromatic carbocycles. The third kappa shape index (κ3) is 5.75. The number of likely N-dealkylation sites (tertiary alicyclic amines) is 1. The van der Waals surface area contributed by atoms with Gasteiger partial charge in [-0.3, -0.25) is 14.5 Å². The van der Waals surface area contributed by atoms with Gasteiger partial charge in [0, 0.05) is 33.2 Å². The predicted molar refractivity (Wildman–Crippen MR) is 106 cm³/mol. The molecule has 2 aliphatic heterocycles. The summed E-state index contributed by atoms with van der Waals surface area (Å²) in [6.45, 7) is 5.84. The second kappa shape index (κ2) is 9.98. The zero-order valence-corrected chi connectivity index (χ0v) is 16.7. The summed E-state index contributed by atoms with van der Waals surface area (Å²) in [5.74, 6) is -0.387. The Morgan fingerprint density at radius 1 is 1.21 bits per heavy atom. The Balaban J connectivity index is 1.51. The van der Waals surface area contributed by atoms with Crippen LogP contribution >= 0.6 is 0 Å². The quantitative estimate of drug-likeness (QED) is 0.730. The van der Waals surface area contributed by atoms with Crippen LogP contribution in [-0.4, -0.2) is 78.9 Å². The van der Waals surface area contributed by atoms with Crippen molar-refractivity contribution in [2.24, 2.45) is 0 Å². The lowest BCUT2D eigenvalue weighted by molar-refractivity contribution is -0.138. The van der Waals surface area contributed by atoms with Gasteiger partial charge in [-0.25, -0.2) is 4.39 Å². The first-order chi connectivity index (χ1) is 13.5. The first-order valence-corrected chi connectivity index (χ1v) is 10.3. The fraction of sp³-hybridized carbons (Fsp3) is 0.619. The fourth-order valence-electron chi connectivity index (χ4n) is 3.98. The summed E-state index contributed by atoms with van der Waals surface area (Å²) >= 11 is 0. The Kier molecular flexibility index (Phi) is 7.39. The van der Waals surface area contributed by atoms with Crippen molar-refractivity contribution >= 4 is 11.8 Å². The normalized spacial score (nSPS) is 20.9. The van der Waals surface area contributed by atoms with E-state index in [1.807, 2.05) is 11.9 Å². The summed E-state index contributed by atoms with van der Waals surface area (Å²) in [5.41, 5.74) is 0.938. The van der Waals surface area contributed by atoms with E-state index in [2.05, 4.69) is 10.2 Å². The largest absolute Gasteiger partial charge is 0.353 e. The number of carbonyl (C=O) groups is 2. The minimum absolute atomic E-state index is 0.00687. The highest BCUT2D eigenvalue weighted by Gasteiger charge is 2.32. The molecule has 1 aromatic rings. The van der Waals surface area contributed by atoms with Crippen molar-refractivity contribution in [1.29, 1.82) is 0 Å². The molecule has 2 saturated heterocycles. The number of rotatable bonds is 8. The molecule has 3 rings (SSSR count). The molecule has 2 fully saturated rings. The Bertz CT molecular complexity index is 661. The van der Waals surface area contributed by atoms with Crippen LogP contribution in [-0.2, 0) is 16.1 Å². The highest BCUT2D eigenvalue weighted by Crippen LogP contribution is 2.16. The number of benzene rings is 1. The predicted octanol–water partition coefficient (Wildman–Crippen LogP) is 1.46. The van der Waals surface area contributed by atoms with E-state index in [0.717, 1.165) is 31.6 Å². The molecule has 0 radical (unpaired) electrons. The maximum Gasteiger partial charge on any atom is 0.237 e. The van der Waals surface area contributed by atoms with Crippen molar-refractivity contribution < 1.29 is 14.0 Å². The minimum Gasteiger partial charge on any atom is -0.353 e. The molecular weight excluding hydrogens is 359 g/mol. The van der Waals surface area contributed by atoms with Crippen LogP contribution in [0, 0.1) is 5.82 Å². The molecule has 2 aliphatic rings. The summed E-state index contributed by atoms with van der Waals surface area (Å²) in [7, 11) is 1.82. The topological polar surface area (TPSA) is 55.9 Å². The van der Waals surface area contributed by atoms with Gasteiger partial charge in [0.15, 0.2) is 0 Å². The van der Waals surface area contributed by atoms with Gasteiger partial charge in [-0.05, 0) is 56.6 Å². The molecule has 0 bridgehead atoms. The van der Waals surface area contributed by atoms with Crippen LogP contribution in [0.2, 0.25) is 0 Å². The summed E-state index contributed by atoms with van der Waals surface area (Å²) in [4.78, 5) is 31.3. The molecule has 1 N–H and O–H groups in total. The lowest BCUT2D eigenvalue weighted by Gasteiger charge is -2.35. The van der Waals surface area contributed by atoms with Crippen LogP contribution in [0.25, 0.3) is 0 Å². The molecule has 0 aliphatic carbocycles. The van der Waals surface area contributed by atoms with E-state index in [4.69, 9.17) is 0 Å². The van der Waals surface area contributed by atoms with Crippen molar-refractivity contribution in [2.75, 3.05) is 46.3 Å². The number of amides is 2. The third-order valence-electron chi connectivity index (χ3n) is 5.70. The van der Waals surface area contributed by atoms with Crippen LogP contribution in [0.1, 0.15) is 31.2 Å². The van der Waals surface area contributed by atoms with Crippen molar-refractivity contribution in [3.8, 4) is 0 Å². The lowest BCUT2D eigenvalue weighted by Crippen LogP contribution is -2.56. The van der Waals surface area contributed by atoms with Gasteiger partial charge in [0.1, 0.15) is 5.82 Å². The summed E-state index contributed by atoms with van der Waals surface area (Å²) < 4.78 is 13.1. The number of hydrogen-bond donors (Lipinski definition) is 1. The Hall–Kier alpha value is -1.99. The van der Waals surface area contributed by atoms with Gasteiger partial charge in [0.25, 0.3) is 0 Å². The zero-order valence-electron chi connectivity index (χ0n) is 16.7. The van der Waals surface area contributed by atoms with Gasteiger partial charge >= 0.3 is 0 Å². The van der Waals surface area contributed by atoms with E-state index >= 15 is 0 Å². The Morgan fingerprint density at radius 2 is 1.93 bits per heavy atom. The molecule has 28 heavy (non-hydrogen) atoms. The fourth-order valence-corrected chi connectivity index (χ4v) is 3.98. The van der Waals surface area contributed by atoms with Crippen LogP contribution < -0.4 is 5.32 Å². The molecule has 7 heteroatoms. The third-order valence-corrected chi connectivity index (χ3v) is 5.70. The van der Waals surface area contributed by atoms with E-state index in [0.29, 0.717) is 26.2 Å². The SMILES string of the molecule is CN(CCCN1CCCC1)C(=O)CC1C(=O)NCCN1Cc1ccc(F)cc1. The average Bonchev–Trinajstić information content (AvgIpc) is 3.19. The van der Waals surface area contributed by atoms with Gasteiger partial charge in [-0.15, -0.1) is 0 Å². The number of carbonyl (C=O) groups excluding carboxylic acids is 2. The van der Waals surface area contributed by atoms with Crippen molar-refractivity contribution in [2.45, 2.75) is 38.3 Å². The first kappa shape index (κ1) is 20.7. The second-order valence-corrected chi connectivity index (χ2v) is 7.83. The Labute approximate surface area is 166 Å². The number of nitrogens with zero attached hydrogens (tertiary/aromatic N) is 3. The van der Waals surface area contributed by atoms with E-state index in [1.165, 1.54) is 25.0 Å². The van der Waals surface area contributed by atoms with E-state index in [-0.39, 0.29) is 24.1 Å². The number of nitrogens with one attached hydrogen (secondary N) is 1. The number of piperazine rings is 1. The molecule has 1 unspecified atom stereocenters. The monoisotopic (exact) mass is 390 g/mol. The van der Waals surface area contributed by atoms with Gasteiger partial charge in [-0.2, -0.15) is 0 Å². The van der Waals surface area contributed by atoms with Crippen LogP contribution in [0.15, 0.2) is 24.3 Å². The molecule has 0 aromatic heterocycles. The molecule has 2 heterocycles. The average molecular weight is 391 g/mol. The summed E-state index contributed by atoms with van der Waals surface area (Å²) in [6, 6.07) is 5.82. The first-order valence-electron chi connectivity index (χ1n) is 10.3. The zero-order chi connectivity index (χ0) is 19.9. The molecule has 2 amide bonds. The molecule has 154 valence electrons. The van der Waals surface area contributed by atoms with Gasteiger partial charge in [0.2, 0.25) is 11.8 Å². The number of hydrogen-bond acceptors (Lipinski definition) is 4. The van der Waals surface area contributed by atoms with Crippen LogP contribution in [0.3, 0.4) is 0 Å². The van der Waals surface area contributed by atoms with Crippen molar-refractivity contribution in [1.82, 2.24) is 20.0 Å². The highest BCUT2D eigenvalue weighted by molar-refractivity contribution is 5.88. The van der Waals surface area contributed by atoms with E-state index in [9.17, 15) is 14.0 Å². The molecule has 1 atom stereocenters. The molecule has 0 saturated carbocycles. The second-order valence-electron chi connectivity index (χ2n) is 7.83. The molecular formula is C21H31FN4O2. The minimum atomic E-state index is -0.479. The highest BCUT2D eigenvalue weighted by atomic mass is 19.1. The van der Waals surface area contributed by atoms with Crippen molar-refractivity contribution in [3.63, 3.8) is 0 Å². The van der Waals surface area contributed by atoms with Gasteiger partial charge in [-0.1, -0.05) is 12.1 Å². The summed E-state index contributed by atoms with van der Waals surface area (Å²) in [6.07, 6.45) is 3.68. The van der Waals surface area contributed by atoms with Crippen LogP contribution in [0.5, 0.6) is 0 Å². The van der Waals surface area contributed by atoms with Crippen molar-refractivity contribution in [3.05, 3.63) is 35.6 Å². The van der Waals surface area contributed by atoms with E-state index < -0.39 is 6.04 Å². The van der Waals surface area contributed by atoms with Gasteiger partial charge in [0.05, 0.1) is 12.5 Å².